The quantitative estimate of drug-likeness (QED) is 0.772. The minimum atomic E-state index is -0.210. The molecule has 3 rings (SSSR count). The first-order valence-corrected chi connectivity index (χ1v) is 7.47. The van der Waals surface area contributed by atoms with Crippen molar-refractivity contribution >= 4 is 28.4 Å². The normalized spacial score (nSPS) is 10.7. The highest BCUT2D eigenvalue weighted by Crippen LogP contribution is 2.24. The zero-order valence-corrected chi connectivity index (χ0v) is 13.4. The number of carbonyl (C=O) groups excluding carboxylic acids is 2. The molecule has 4 nitrogen and oxygen atoms in total. The Morgan fingerprint density at radius 1 is 0.957 bits per heavy atom. The van der Waals surface area contributed by atoms with Crippen molar-refractivity contribution in [1.29, 1.82) is 0 Å². The second-order valence-corrected chi connectivity index (χ2v) is 5.67. The van der Waals surface area contributed by atoms with Gasteiger partial charge in [-0.15, -0.1) is 0 Å². The van der Waals surface area contributed by atoms with Crippen LogP contribution in [0.15, 0.2) is 48.7 Å². The number of para-hydroxylation sites is 2. The van der Waals surface area contributed by atoms with Gasteiger partial charge in [-0.3, -0.25) is 14.2 Å². The average Bonchev–Trinajstić information content (AvgIpc) is 2.91. The predicted octanol–water partition coefficient (Wildman–Crippen LogP) is 4.17. The van der Waals surface area contributed by atoms with Crippen LogP contribution in [0.3, 0.4) is 0 Å². The molecule has 0 spiro atoms. The number of hydrogen-bond acceptors (Lipinski definition) is 2. The van der Waals surface area contributed by atoms with E-state index in [0.717, 1.165) is 27.7 Å². The molecule has 0 aliphatic rings. The second kappa shape index (κ2) is 5.72. The molecule has 1 heterocycles. The predicted molar refractivity (Wildman–Crippen MR) is 92.1 cm³/mol. The lowest BCUT2D eigenvalue weighted by atomic mass is 10.1. The van der Waals surface area contributed by atoms with E-state index in [0.29, 0.717) is 5.56 Å². The van der Waals surface area contributed by atoms with Crippen molar-refractivity contribution in [3.05, 3.63) is 65.4 Å². The molecule has 116 valence electrons. The number of nitrogens with one attached hydrogen (secondary N) is 1. The van der Waals surface area contributed by atoms with Gasteiger partial charge in [0, 0.05) is 24.2 Å². The van der Waals surface area contributed by atoms with Gasteiger partial charge in [-0.05, 0) is 31.0 Å². The van der Waals surface area contributed by atoms with Gasteiger partial charge in [0.25, 0.3) is 5.91 Å². The van der Waals surface area contributed by atoms with Crippen LogP contribution in [0.25, 0.3) is 10.9 Å². The fourth-order valence-corrected chi connectivity index (χ4v) is 2.81. The van der Waals surface area contributed by atoms with Gasteiger partial charge in [-0.25, -0.2) is 0 Å². The molecule has 3 aromatic rings. The molecule has 1 N–H and O–H groups in total. The lowest BCUT2D eigenvalue weighted by Gasteiger charge is -2.11. The molecule has 0 fully saturated rings. The molecule has 2 aromatic carbocycles. The van der Waals surface area contributed by atoms with E-state index in [1.54, 1.807) is 6.20 Å². The lowest BCUT2D eigenvalue weighted by Crippen LogP contribution is -2.13. The molecular formula is C19H18N2O2. The summed E-state index contributed by atoms with van der Waals surface area (Å²) in [7, 11) is 0. The number of fused-ring (bicyclic) bond motifs is 1. The molecule has 0 saturated heterocycles. The maximum atomic E-state index is 12.7. The van der Waals surface area contributed by atoms with Crippen molar-refractivity contribution in [1.82, 2.24) is 4.57 Å². The summed E-state index contributed by atoms with van der Waals surface area (Å²) in [4.78, 5) is 24.5. The summed E-state index contributed by atoms with van der Waals surface area (Å²) < 4.78 is 1.51. The highest BCUT2D eigenvalue weighted by Gasteiger charge is 2.17. The maximum absolute atomic E-state index is 12.7. The summed E-state index contributed by atoms with van der Waals surface area (Å²) in [6.07, 6.45) is 1.61. The Labute approximate surface area is 134 Å². The minimum Gasteiger partial charge on any atom is -0.321 e. The smallest absolute Gasteiger partial charge is 0.257 e. The first-order valence-electron chi connectivity index (χ1n) is 7.47. The second-order valence-electron chi connectivity index (χ2n) is 5.67. The van der Waals surface area contributed by atoms with Crippen molar-refractivity contribution in [2.45, 2.75) is 20.8 Å². The average molecular weight is 306 g/mol. The van der Waals surface area contributed by atoms with E-state index in [1.165, 1.54) is 11.5 Å². The summed E-state index contributed by atoms with van der Waals surface area (Å²) in [5.74, 6) is -0.328. The number of amides is 1. The van der Waals surface area contributed by atoms with Crippen LogP contribution in [-0.4, -0.2) is 16.4 Å². The van der Waals surface area contributed by atoms with Crippen LogP contribution in [-0.2, 0) is 0 Å². The number of rotatable bonds is 2. The number of aromatic nitrogens is 1. The van der Waals surface area contributed by atoms with Crippen molar-refractivity contribution in [3.8, 4) is 0 Å². The minimum absolute atomic E-state index is 0.118. The van der Waals surface area contributed by atoms with Crippen molar-refractivity contribution < 1.29 is 9.59 Å². The monoisotopic (exact) mass is 306 g/mol. The van der Waals surface area contributed by atoms with E-state index in [2.05, 4.69) is 5.32 Å². The summed E-state index contributed by atoms with van der Waals surface area (Å²) >= 11 is 0. The van der Waals surface area contributed by atoms with E-state index in [9.17, 15) is 9.59 Å². The summed E-state index contributed by atoms with van der Waals surface area (Å²) in [5, 5.41) is 3.75. The van der Waals surface area contributed by atoms with Gasteiger partial charge >= 0.3 is 0 Å². The van der Waals surface area contributed by atoms with Gasteiger partial charge in [-0.1, -0.05) is 36.4 Å². The van der Waals surface area contributed by atoms with Gasteiger partial charge in [0.15, 0.2) is 0 Å². The highest BCUT2D eigenvalue weighted by atomic mass is 16.2. The fourth-order valence-electron chi connectivity index (χ4n) is 2.81. The molecule has 0 atom stereocenters. The molecule has 0 saturated carbocycles. The van der Waals surface area contributed by atoms with E-state index < -0.39 is 0 Å². The van der Waals surface area contributed by atoms with Gasteiger partial charge in [0.2, 0.25) is 5.91 Å². The largest absolute Gasteiger partial charge is 0.321 e. The Morgan fingerprint density at radius 2 is 1.61 bits per heavy atom. The van der Waals surface area contributed by atoms with E-state index >= 15 is 0 Å². The zero-order chi connectivity index (χ0) is 16.6. The standard InChI is InChI=1S/C19H18N2O2/c1-12-7-6-8-13(2)18(12)20-19(23)16-11-21(14(3)22)17-10-5-4-9-15(16)17/h4-11H,1-3H3,(H,20,23). The van der Waals surface area contributed by atoms with Crippen LogP contribution in [0, 0.1) is 13.8 Å². The Bertz CT molecular complexity index is 902. The molecule has 1 aromatic heterocycles. The summed E-state index contributed by atoms with van der Waals surface area (Å²) in [6, 6.07) is 13.3. The molecule has 1 amide bonds. The number of anilines is 1. The number of nitrogens with zero attached hydrogens (tertiary/aromatic N) is 1. The lowest BCUT2D eigenvalue weighted by molar-refractivity contribution is 0.0941. The third kappa shape index (κ3) is 2.63. The summed E-state index contributed by atoms with van der Waals surface area (Å²) in [5.41, 5.74) is 4.07. The van der Waals surface area contributed by atoms with Crippen LogP contribution in [0.4, 0.5) is 5.69 Å². The molecule has 0 aliphatic heterocycles. The molecule has 4 heteroatoms. The van der Waals surface area contributed by atoms with Crippen LogP contribution in [0.2, 0.25) is 0 Å². The third-order valence-corrected chi connectivity index (χ3v) is 4.02. The van der Waals surface area contributed by atoms with Crippen LogP contribution < -0.4 is 5.32 Å². The van der Waals surface area contributed by atoms with E-state index in [-0.39, 0.29) is 11.8 Å². The molecule has 23 heavy (non-hydrogen) atoms. The summed E-state index contributed by atoms with van der Waals surface area (Å²) in [6.45, 7) is 5.41. The topological polar surface area (TPSA) is 51.1 Å². The van der Waals surface area contributed by atoms with Crippen LogP contribution in [0.1, 0.15) is 33.2 Å². The Hall–Kier alpha value is -2.88. The number of benzene rings is 2. The van der Waals surface area contributed by atoms with Gasteiger partial charge < -0.3 is 5.32 Å². The molecule has 0 bridgehead atoms. The van der Waals surface area contributed by atoms with E-state index in [1.807, 2.05) is 56.3 Å². The maximum Gasteiger partial charge on any atom is 0.257 e. The fraction of sp³-hybridized carbons (Fsp3) is 0.158. The third-order valence-electron chi connectivity index (χ3n) is 4.02. The first kappa shape index (κ1) is 15.0. The van der Waals surface area contributed by atoms with Crippen molar-refractivity contribution in [3.63, 3.8) is 0 Å². The molecule has 0 unspecified atom stereocenters. The Balaban J connectivity index is 2.07. The Kier molecular flexibility index (Phi) is 3.74. The molecular weight excluding hydrogens is 288 g/mol. The molecule has 0 aliphatic carbocycles. The van der Waals surface area contributed by atoms with Crippen molar-refractivity contribution in [2.75, 3.05) is 5.32 Å². The van der Waals surface area contributed by atoms with Gasteiger partial charge in [0.1, 0.15) is 0 Å². The molecule has 0 radical (unpaired) electrons. The zero-order valence-electron chi connectivity index (χ0n) is 13.4. The van der Waals surface area contributed by atoms with Crippen LogP contribution >= 0.6 is 0 Å². The van der Waals surface area contributed by atoms with Gasteiger partial charge in [-0.2, -0.15) is 0 Å². The van der Waals surface area contributed by atoms with Crippen molar-refractivity contribution in [2.24, 2.45) is 0 Å². The van der Waals surface area contributed by atoms with Gasteiger partial charge in [0.05, 0.1) is 11.1 Å². The van der Waals surface area contributed by atoms with E-state index in [4.69, 9.17) is 0 Å². The SMILES string of the molecule is CC(=O)n1cc(C(=O)Nc2c(C)cccc2C)c2ccccc21. The van der Waals surface area contributed by atoms with Crippen LogP contribution in [0.5, 0.6) is 0 Å². The first-order chi connectivity index (χ1) is 11.0. The number of hydrogen-bond donors (Lipinski definition) is 1. The number of carbonyl (C=O) groups is 2. The highest BCUT2D eigenvalue weighted by molar-refractivity contribution is 6.14. The Morgan fingerprint density at radius 3 is 2.26 bits per heavy atom. The number of aryl methyl sites for hydroxylation is 2.